The van der Waals surface area contributed by atoms with Crippen LogP contribution in [0, 0.1) is 5.92 Å². The number of hydrogen-bond acceptors (Lipinski definition) is 3. The molecule has 0 fully saturated rings. The third-order valence-electron chi connectivity index (χ3n) is 4.34. The van der Waals surface area contributed by atoms with E-state index < -0.39 is 11.7 Å². The second kappa shape index (κ2) is 6.55. The zero-order valence-electron chi connectivity index (χ0n) is 14.3. The number of nitrogens with zero attached hydrogens (tertiary/aromatic N) is 2. The number of carbonyl (C=O) groups is 2. The normalized spacial score (nSPS) is 14.1. The maximum Gasteiger partial charge on any atom is 0.416 e. The maximum atomic E-state index is 12.9. The minimum atomic E-state index is -4.44. The van der Waals surface area contributed by atoms with Gasteiger partial charge in [-0.1, -0.05) is 26.0 Å². The molecule has 0 atom stereocenters. The molecule has 2 heterocycles. The van der Waals surface area contributed by atoms with Crippen LogP contribution in [-0.2, 0) is 22.2 Å². The second-order valence-corrected chi connectivity index (χ2v) is 6.55. The molecule has 1 aliphatic rings. The average molecular weight is 362 g/mol. The molecule has 3 rings (SSSR count). The zero-order valence-corrected chi connectivity index (χ0v) is 14.3. The first-order chi connectivity index (χ1) is 12.2. The highest BCUT2D eigenvalue weighted by molar-refractivity contribution is 6.05. The van der Waals surface area contributed by atoms with Gasteiger partial charge in [-0.2, -0.15) is 13.2 Å². The third kappa shape index (κ3) is 3.47. The highest BCUT2D eigenvalue weighted by Crippen LogP contribution is 2.35. The van der Waals surface area contributed by atoms with E-state index in [-0.39, 0.29) is 30.6 Å². The topological polar surface area (TPSA) is 50.3 Å². The van der Waals surface area contributed by atoms with E-state index in [9.17, 15) is 22.8 Å². The second-order valence-electron chi connectivity index (χ2n) is 6.55. The van der Waals surface area contributed by atoms with Gasteiger partial charge in [-0.25, -0.2) is 0 Å². The number of ketones is 1. The molecule has 0 spiro atoms. The van der Waals surface area contributed by atoms with Gasteiger partial charge < -0.3 is 4.90 Å². The van der Waals surface area contributed by atoms with Crippen molar-refractivity contribution in [2.75, 3.05) is 11.4 Å². The van der Waals surface area contributed by atoms with Gasteiger partial charge in [0, 0.05) is 17.7 Å². The van der Waals surface area contributed by atoms with Crippen molar-refractivity contribution in [3.05, 3.63) is 47.8 Å². The Balaban J connectivity index is 1.98. The predicted molar refractivity (Wildman–Crippen MR) is 90.6 cm³/mol. The van der Waals surface area contributed by atoms with Crippen molar-refractivity contribution in [3.63, 3.8) is 0 Å². The van der Waals surface area contributed by atoms with E-state index in [1.807, 2.05) is 0 Å². The van der Waals surface area contributed by atoms with Crippen LogP contribution in [0.1, 0.15) is 25.1 Å². The van der Waals surface area contributed by atoms with Crippen LogP contribution in [0.2, 0.25) is 0 Å². The summed E-state index contributed by atoms with van der Waals surface area (Å²) in [5.41, 5.74) is 1.08. The van der Waals surface area contributed by atoms with Gasteiger partial charge in [0.1, 0.15) is 0 Å². The number of halogens is 3. The number of aromatic nitrogens is 1. The van der Waals surface area contributed by atoms with Crippen LogP contribution in [0.15, 0.2) is 36.5 Å². The van der Waals surface area contributed by atoms with Crippen LogP contribution >= 0.6 is 0 Å². The SMILES string of the molecule is CC(C)C(=O)CN1C(=O)Cc2ncc(-c3cccc(C(F)(F)F)c3)cc21. The lowest BCUT2D eigenvalue weighted by atomic mass is 10.0. The average Bonchev–Trinajstić information content (AvgIpc) is 2.89. The molecule has 0 aliphatic carbocycles. The molecular formula is C19H17F3N2O2. The number of Topliss-reactive ketones (excluding diaryl/α,β-unsaturated/α-hetero) is 1. The quantitative estimate of drug-likeness (QED) is 0.829. The van der Waals surface area contributed by atoms with E-state index in [0.29, 0.717) is 22.5 Å². The van der Waals surface area contributed by atoms with E-state index in [1.165, 1.54) is 17.2 Å². The standard InChI is InChI=1S/C19H17F3N2O2/c1-11(2)17(25)10-24-16-7-13(9-23-15(16)8-18(24)26)12-4-3-5-14(6-12)19(20,21)22/h3-7,9,11H,8,10H2,1-2H3. The highest BCUT2D eigenvalue weighted by atomic mass is 19.4. The Morgan fingerprint density at radius 1 is 1.23 bits per heavy atom. The fourth-order valence-corrected chi connectivity index (χ4v) is 2.77. The van der Waals surface area contributed by atoms with Crippen LogP contribution in [0.4, 0.5) is 18.9 Å². The molecule has 0 unspecified atom stereocenters. The molecule has 0 radical (unpaired) electrons. The number of amides is 1. The van der Waals surface area contributed by atoms with Crippen molar-refractivity contribution in [3.8, 4) is 11.1 Å². The predicted octanol–water partition coefficient (Wildman–Crippen LogP) is 3.88. The summed E-state index contributed by atoms with van der Waals surface area (Å²) in [4.78, 5) is 29.8. The molecule has 0 saturated carbocycles. The van der Waals surface area contributed by atoms with Gasteiger partial charge in [-0.15, -0.1) is 0 Å². The van der Waals surface area contributed by atoms with Crippen LogP contribution in [0.3, 0.4) is 0 Å². The lowest BCUT2D eigenvalue weighted by molar-refractivity contribution is -0.137. The van der Waals surface area contributed by atoms with Gasteiger partial charge in [0.05, 0.1) is 29.9 Å². The monoisotopic (exact) mass is 362 g/mol. The third-order valence-corrected chi connectivity index (χ3v) is 4.34. The summed E-state index contributed by atoms with van der Waals surface area (Å²) in [6.07, 6.45) is -2.90. The smallest absolute Gasteiger partial charge is 0.303 e. The van der Waals surface area contributed by atoms with Gasteiger partial charge in [0.2, 0.25) is 5.91 Å². The first-order valence-electron chi connectivity index (χ1n) is 8.16. The van der Waals surface area contributed by atoms with Gasteiger partial charge in [0.25, 0.3) is 0 Å². The summed E-state index contributed by atoms with van der Waals surface area (Å²) < 4.78 is 38.8. The molecule has 0 saturated heterocycles. The fraction of sp³-hybridized carbons (Fsp3) is 0.316. The lowest BCUT2D eigenvalue weighted by Crippen LogP contribution is -2.34. The van der Waals surface area contributed by atoms with Crippen LogP contribution < -0.4 is 4.90 Å². The molecule has 7 heteroatoms. The number of benzene rings is 1. The number of rotatable bonds is 4. The number of anilines is 1. The molecule has 26 heavy (non-hydrogen) atoms. The van der Waals surface area contributed by atoms with Gasteiger partial charge >= 0.3 is 6.18 Å². The van der Waals surface area contributed by atoms with Crippen molar-refractivity contribution in [1.29, 1.82) is 0 Å². The summed E-state index contributed by atoms with van der Waals surface area (Å²) in [6, 6.07) is 6.55. The van der Waals surface area contributed by atoms with Crippen molar-refractivity contribution in [1.82, 2.24) is 4.98 Å². The first kappa shape index (κ1) is 18.1. The summed E-state index contributed by atoms with van der Waals surface area (Å²) >= 11 is 0. The van der Waals surface area contributed by atoms with E-state index in [4.69, 9.17) is 0 Å². The fourth-order valence-electron chi connectivity index (χ4n) is 2.77. The molecule has 4 nitrogen and oxygen atoms in total. The number of carbonyl (C=O) groups excluding carboxylic acids is 2. The van der Waals surface area contributed by atoms with Crippen molar-refractivity contribution >= 4 is 17.4 Å². The Morgan fingerprint density at radius 2 is 1.96 bits per heavy atom. The van der Waals surface area contributed by atoms with E-state index >= 15 is 0 Å². The molecule has 0 bridgehead atoms. The highest BCUT2D eigenvalue weighted by Gasteiger charge is 2.32. The molecule has 1 aromatic carbocycles. The van der Waals surface area contributed by atoms with Crippen molar-refractivity contribution in [2.45, 2.75) is 26.4 Å². The lowest BCUT2D eigenvalue weighted by Gasteiger charge is -2.18. The Labute approximate surface area is 148 Å². The van der Waals surface area contributed by atoms with Crippen LogP contribution in [0.5, 0.6) is 0 Å². The number of pyridine rings is 1. The molecule has 136 valence electrons. The molecule has 1 amide bonds. The molecule has 0 N–H and O–H groups in total. The van der Waals surface area contributed by atoms with Crippen LogP contribution in [0.25, 0.3) is 11.1 Å². The summed E-state index contributed by atoms with van der Waals surface area (Å²) in [6.45, 7) is 3.44. The van der Waals surface area contributed by atoms with E-state index in [2.05, 4.69) is 4.98 Å². The number of hydrogen-bond donors (Lipinski definition) is 0. The van der Waals surface area contributed by atoms with E-state index in [0.717, 1.165) is 12.1 Å². The minimum absolute atomic E-state index is 0.0583. The summed E-state index contributed by atoms with van der Waals surface area (Å²) in [7, 11) is 0. The zero-order chi connectivity index (χ0) is 19.1. The Bertz CT molecular complexity index is 875. The Kier molecular flexibility index (Phi) is 4.56. The van der Waals surface area contributed by atoms with Gasteiger partial charge in [-0.05, 0) is 23.8 Å². The molecular weight excluding hydrogens is 345 g/mol. The Hall–Kier alpha value is -2.70. The van der Waals surface area contributed by atoms with Gasteiger partial charge in [-0.3, -0.25) is 14.6 Å². The van der Waals surface area contributed by atoms with Crippen molar-refractivity contribution < 1.29 is 22.8 Å². The maximum absolute atomic E-state index is 12.9. The summed E-state index contributed by atoms with van der Waals surface area (Å²) in [5.74, 6) is -0.537. The molecule has 1 aliphatic heterocycles. The minimum Gasteiger partial charge on any atom is -0.303 e. The van der Waals surface area contributed by atoms with Gasteiger partial charge in [0.15, 0.2) is 5.78 Å². The largest absolute Gasteiger partial charge is 0.416 e. The molecule has 1 aromatic heterocycles. The molecule has 2 aromatic rings. The van der Waals surface area contributed by atoms with E-state index in [1.54, 1.807) is 26.0 Å². The van der Waals surface area contributed by atoms with Crippen molar-refractivity contribution in [2.24, 2.45) is 5.92 Å². The Morgan fingerprint density at radius 3 is 2.62 bits per heavy atom. The first-order valence-corrected chi connectivity index (χ1v) is 8.16. The number of fused-ring (bicyclic) bond motifs is 1. The summed E-state index contributed by atoms with van der Waals surface area (Å²) in [5, 5.41) is 0. The number of alkyl halides is 3. The van der Waals surface area contributed by atoms with Crippen LogP contribution in [-0.4, -0.2) is 23.2 Å².